The number of nitrogens with zero attached hydrogens (tertiary/aromatic N) is 4. The Kier molecular flexibility index (Phi) is 5.92. The molecule has 0 aliphatic carbocycles. The third-order valence-electron chi connectivity index (χ3n) is 5.67. The van der Waals surface area contributed by atoms with Crippen molar-refractivity contribution in [3.63, 3.8) is 0 Å². The molecular formula is C21H28N6O2. The van der Waals surface area contributed by atoms with Crippen molar-refractivity contribution in [2.24, 2.45) is 7.05 Å². The van der Waals surface area contributed by atoms with E-state index < -0.39 is 0 Å². The number of piperazine rings is 1. The largest absolute Gasteiger partial charge is 0.351 e. The molecule has 2 aliphatic rings. The molecule has 3 heterocycles. The Morgan fingerprint density at radius 1 is 1.28 bits per heavy atom. The van der Waals surface area contributed by atoms with Gasteiger partial charge in [0.05, 0.1) is 12.6 Å². The SMILES string of the molecule is Cn1ccnc1C1CNCCN1CC(=O)NCc1ccc(N2CCCC2=O)cc1. The first-order valence-corrected chi connectivity index (χ1v) is 10.2. The van der Waals surface area contributed by atoms with Crippen LogP contribution in [0.5, 0.6) is 0 Å². The number of benzene rings is 1. The molecule has 0 radical (unpaired) electrons. The third kappa shape index (κ3) is 4.49. The molecule has 8 heteroatoms. The van der Waals surface area contributed by atoms with Crippen molar-refractivity contribution in [2.75, 3.05) is 37.6 Å². The van der Waals surface area contributed by atoms with E-state index in [1.54, 1.807) is 6.20 Å². The maximum Gasteiger partial charge on any atom is 0.234 e. The fourth-order valence-electron chi connectivity index (χ4n) is 4.04. The van der Waals surface area contributed by atoms with Gasteiger partial charge in [0, 0.05) is 64.3 Å². The van der Waals surface area contributed by atoms with Gasteiger partial charge in [0.25, 0.3) is 0 Å². The van der Waals surface area contributed by atoms with E-state index in [0.29, 0.717) is 19.5 Å². The summed E-state index contributed by atoms with van der Waals surface area (Å²) in [7, 11) is 1.98. The number of hydrogen-bond acceptors (Lipinski definition) is 5. The summed E-state index contributed by atoms with van der Waals surface area (Å²) in [6.45, 7) is 4.08. The Morgan fingerprint density at radius 2 is 2.10 bits per heavy atom. The number of carbonyl (C=O) groups excluding carboxylic acids is 2. The van der Waals surface area contributed by atoms with Gasteiger partial charge in [0.1, 0.15) is 5.82 Å². The zero-order valence-corrected chi connectivity index (χ0v) is 16.8. The molecule has 154 valence electrons. The molecule has 0 bridgehead atoms. The zero-order chi connectivity index (χ0) is 20.2. The van der Waals surface area contributed by atoms with Crippen LogP contribution >= 0.6 is 0 Å². The number of imidazole rings is 1. The number of nitrogens with one attached hydrogen (secondary N) is 2. The van der Waals surface area contributed by atoms with Gasteiger partial charge in [-0.2, -0.15) is 0 Å². The van der Waals surface area contributed by atoms with Crippen LogP contribution in [0, 0.1) is 0 Å². The van der Waals surface area contributed by atoms with Gasteiger partial charge in [0.2, 0.25) is 11.8 Å². The van der Waals surface area contributed by atoms with Gasteiger partial charge < -0.3 is 20.1 Å². The van der Waals surface area contributed by atoms with Crippen molar-refractivity contribution in [3.8, 4) is 0 Å². The lowest BCUT2D eigenvalue weighted by Gasteiger charge is -2.35. The molecule has 0 saturated carbocycles. The Morgan fingerprint density at radius 3 is 2.79 bits per heavy atom. The molecule has 2 saturated heterocycles. The van der Waals surface area contributed by atoms with Crippen LogP contribution < -0.4 is 15.5 Å². The van der Waals surface area contributed by atoms with Gasteiger partial charge in [-0.3, -0.25) is 14.5 Å². The molecule has 2 aliphatic heterocycles. The van der Waals surface area contributed by atoms with E-state index in [2.05, 4.69) is 20.5 Å². The van der Waals surface area contributed by atoms with Crippen LogP contribution in [0.15, 0.2) is 36.7 Å². The van der Waals surface area contributed by atoms with Crippen LogP contribution in [0.25, 0.3) is 0 Å². The van der Waals surface area contributed by atoms with E-state index in [1.165, 1.54) is 0 Å². The van der Waals surface area contributed by atoms with Crippen LogP contribution in [-0.4, -0.2) is 59.0 Å². The summed E-state index contributed by atoms with van der Waals surface area (Å²) in [5.41, 5.74) is 1.95. The summed E-state index contributed by atoms with van der Waals surface area (Å²) >= 11 is 0. The van der Waals surface area contributed by atoms with Gasteiger partial charge in [-0.1, -0.05) is 12.1 Å². The number of rotatable bonds is 6. The minimum atomic E-state index is 0.00454. The normalized spacial score (nSPS) is 20.2. The molecule has 8 nitrogen and oxygen atoms in total. The van der Waals surface area contributed by atoms with Crippen molar-refractivity contribution >= 4 is 17.5 Å². The summed E-state index contributed by atoms with van der Waals surface area (Å²) in [5, 5.41) is 6.40. The molecule has 2 aromatic rings. The highest BCUT2D eigenvalue weighted by Gasteiger charge is 2.28. The molecule has 2 fully saturated rings. The highest BCUT2D eigenvalue weighted by molar-refractivity contribution is 5.95. The lowest BCUT2D eigenvalue weighted by Crippen LogP contribution is -2.50. The maximum atomic E-state index is 12.6. The molecule has 2 amide bonds. The third-order valence-corrected chi connectivity index (χ3v) is 5.67. The standard InChI is InChI=1S/C21H28N6O2/c1-25-11-9-23-21(25)18-14-22-8-12-26(18)15-19(28)24-13-16-4-6-17(7-5-16)27-10-2-3-20(27)29/h4-7,9,11,18,22H,2-3,8,10,12-15H2,1H3,(H,24,28). The maximum absolute atomic E-state index is 12.6. The zero-order valence-electron chi connectivity index (χ0n) is 16.8. The van der Waals surface area contributed by atoms with Gasteiger partial charge in [-0.25, -0.2) is 4.98 Å². The molecule has 2 N–H and O–H groups in total. The average Bonchev–Trinajstić information content (AvgIpc) is 3.35. The molecule has 1 unspecified atom stereocenters. The van der Waals surface area contributed by atoms with Crippen LogP contribution in [0.4, 0.5) is 5.69 Å². The van der Waals surface area contributed by atoms with Crippen LogP contribution in [-0.2, 0) is 23.2 Å². The summed E-state index contributed by atoms with van der Waals surface area (Å²) in [6.07, 6.45) is 5.27. The molecule has 1 aromatic carbocycles. The number of anilines is 1. The number of aryl methyl sites for hydroxylation is 1. The summed E-state index contributed by atoms with van der Waals surface area (Å²) in [6, 6.07) is 7.95. The predicted molar refractivity (Wildman–Crippen MR) is 110 cm³/mol. The molecule has 0 spiro atoms. The number of amides is 2. The monoisotopic (exact) mass is 396 g/mol. The Hall–Kier alpha value is -2.71. The molecule has 1 aromatic heterocycles. The van der Waals surface area contributed by atoms with Gasteiger partial charge in [-0.15, -0.1) is 0 Å². The van der Waals surface area contributed by atoms with Crippen molar-refractivity contribution in [1.29, 1.82) is 0 Å². The molecule has 4 rings (SSSR count). The second-order valence-corrected chi connectivity index (χ2v) is 7.68. The first-order valence-electron chi connectivity index (χ1n) is 10.2. The fraction of sp³-hybridized carbons (Fsp3) is 0.476. The van der Waals surface area contributed by atoms with Crippen LogP contribution in [0.1, 0.15) is 30.3 Å². The second kappa shape index (κ2) is 8.75. The number of aromatic nitrogens is 2. The molecular weight excluding hydrogens is 368 g/mol. The summed E-state index contributed by atoms with van der Waals surface area (Å²) in [4.78, 5) is 32.9. The summed E-state index contributed by atoms with van der Waals surface area (Å²) < 4.78 is 2.01. The lowest BCUT2D eigenvalue weighted by atomic mass is 10.1. The topological polar surface area (TPSA) is 82.5 Å². The van der Waals surface area contributed by atoms with Gasteiger partial charge >= 0.3 is 0 Å². The van der Waals surface area contributed by atoms with Crippen molar-refractivity contribution in [3.05, 3.63) is 48.0 Å². The first-order chi connectivity index (χ1) is 14.1. The lowest BCUT2D eigenvalue weighted by molar-refractivity contribution is -0.123. The average molecular weight is 396 g/mol. The number of carbonyl (C=O) groups is 2. The number of hydrogen-bond donors (Lipinski definition) is 2. The van der Waals surface area contributed by atoms with E-state index in [-0.39, 0.29) is 17.9 Å². The highest BCUT2D eigenvalue weighted by Crippen LogP contribution is 2.22. The highest BCUT2D eigenvalue weighted by atomic mass is 16.2. The van der Waals surface area contributed by atoms with Gasteiger partial charge in [-0.05, 0) is 24.1 Å². The van der Waals surface area contributed by atoms with E-state index in [9.17, 15) is 9.59 Å². The van der Waals surface area contributed by atoms with E-state index in [4.69, 9.17) is 0 Å². The van der Waals surface area contributed by atoms with Crippen molar-refractivity contribution < 1.29 is 9.59 Å². The quantitative estimate of drug-likeness (QED) is 0.755. The van der Waals surface area contributed by atoms with Gasteiger partial charge in [0.15, 0.2) is 0 Å². The molecule has 1 atom stereocenters. The second-order valence-electron chi connectivity index (χ2n) is 7.68. The Balaban J connectivity index is 1.31. The van der Waals surface area contributed by atoms with E-state index in [0.717, 1.165) is 49.7 Å². The van der Waals surface area contributed by atoms with E-state index in [1.807, 2.05) is 47.0 Å². The minimum absolute atomic E-state index is 0.00454. The summed E-state index contributed by atoms with van der Waals surface area (Å²) in [5.74, 6) is 1.16. The van der Waals surface area contributed by atoms with Crippen molar-refractivity contribution in [1.82, 2.24) is 25.1 Å². The van der Waals surface area contributed by atoms with Crippen LogP contribution in [0.3, 0.4) is 0 Å². The van der Waals surface area contributed by atoms with Crippen molar-refractivity contribution in [2.45, 2.75) is 25.4 Å². The van der Waals surface area contributed by atoms with E-state index >= 15 is 0 Å². The minimum Gasteiger partial charge on any atom is -0.351 e. The predicted octanol–water partition coefficient (Wildman–Crippen LogP) is 0.810. The molecule has 29 heavy (non-hydrogen) atoms. The fourth-order valence-corrected chi connectivity index (χ4v) is 4.04. The first kappa shape index (κ1) is 19.6. The van der Waals surface area contributed by atoms with Crippen LogP contribution in [0.2, 0.25) is 0 Å². The Bertz CT molecular complexity index is 862. The Labute approximate surface area is 170 Å². The smallest absolute Gasteiger partial charge is 0.234 e.